The fourth-order valence-corrected chi connectivity index (χ4v) is 2.25. The molecule has 0 aliphatic heterocycles. The van der Waals surface area contributed by atoms with Crippen LogP contribution in [-0.2, 0) is 16.0 Å². The molecule has 0 heterocycles. The van der Waals surface area contributed by atoms with Gasteiger partial charge in [-0.25, -0.2) is 4.79 Å². The van der Waals surface area contributed by atoms with Crippen molar-refractivity contribution in [2.75, 3.05) is 18.0 Å². The van der Waals surface area contributed by atoms with Crippen molar-refractivity contribution in [3.63, 3.8) is 0 Å². The zero-order chi connectivity index (χ0) is 13.7. The predicted octanol–water partition coefficient (Wildman–Crippen LogP) is 1.79. The van der Waals surface area contributed by atoms with Crippen LogP contribution in [0.5, 0.6) is 0 Å². The maximum absolute atomic E-state index is 11.6. The quantitative estimate of drug-likeness (QED) is 0.604. The molecule has 1 atom stereocenters. The van der Waals surface area contributed by atoms with Gasteiger partial charge in [0.25, 0.3) is 0 Å². The van der Waals surface area contributed by atoms with Crippen molar-refractivity contribution >= 4 is 22.9 Å². The molecule has 0 radical (unpaired) electrons. The third-order valence-corrected chi connectivity index (χ3v) is 3.17. The lowest BCUT2D eigenvalue weighted by atomic mass is 10.1. The Morgan fingerprint density at radius 2 is 2.17 bits per heavy atom. The summed E-state index contributed by atoms with van der Waals surface area (Å²) in [5.41, 5.74) is 1.49. The number of benzene rings is 1. The first-order valence-electron chi connectivity index (χ1n) is 5.57. The summed E-state index contributed by atoms with van der Waals surface area (Å²) in [4.78, 5) is 11.6. The van der Waals surface area contributed by atoms with Gasteiger partial charge in [0.1, 0.15) is 0 Å². The molecule has 0 amide bonds. The van der Waals surface area contributed by atoms with Crippen molar-refractivity contribution < 1.29 is 18.3 Å². The molecular formula is C12H16NO4S-. The average molecular weight is 270 g/mol. The van der Waals surface area contributed by atoms with Crippen LogP contribution in [0.3, 0.4) is 0 Å². The SMILES string of the molecule is CCCN(c1cc(C)ccc1C(=O)OC)S(=O)[O-]. The molecule has 0 bridgehead atoms. The number of nitrogens with zero attached hydrogens (tertiary/aromatic N) is 1. The van der Waals surface area contributed by atoms with E-state index >= 15 is 0 Å². The highest BCUT2D eigenvalue weighted by atomic mass is 32.2. The molecule has 0 aliphatic rings. The lowest BCUT2D eigenvalue weighted by Gasteiger charge is -2.27. The van der Waals surface area contributed by atoms with E-state index in [0.29, 0.717) is 18.7 Å². The summed E-state index contributed by atoms with van der Waals surface area (Å²) in [6.45, 7) is 4.03. The van der Waals surface area contributed by atoms with E-state index in [4.69, 9.17) is 0 Å². The van der Waals surface area contributed by atoms with Gasteiger partial charge in [0, 0.05) is 17.8 Å². The molecule has 1 unspecified atom stereocenters. The largest absolute Gasteiger partial charge is 0.755 e. The van der Waals surface area contributed by atoms with Gasteiger partial charge in [-0.1, -0.05) is 13.0 Å². The van der Waals surface area contributed by atoms with Gasteiger partial charge >= 0.3 is 5.97 Å². The fraction of sp³-hybridized carbons (Fsp3) is 0.417. The van der Waals surface area contributed by atoms with Gasteiger partial charge in [-0.05, 0) is 31.0 Å². The molecule has 1 aromatic carbocycles. The van der Waals surface area contributed by atoms with Crippen LogP contribution in [0.2, 0.25) is 0 Å². The van der Waals surface area contributed by atoms with Crippen molar-refractivity contribution in [2.24, 2.45) is 0 Å². The Labute approximate surface area is 109 Å². The second-order valence-corrected chi connectivity index (χ2v) is 4.71. The molecule has 1 rings (SSSR count). The first-order valence-corrected chi connectivity index (χ1v) is 6.60. The summed E-state index contributed by atoms with van der Waals surface area (Å²) in [5, 5.41) is 0. The zero-order valence-electron chi connectivity index (χ0n) is 10.6. The number of methoxy groups -OCH3 is 1. The summed E-state index contributed by atoms with van der Waals surface area (Å²) in [6, 6.07) is 4.98. The van der Waals surface area contributed by atoms with Gasteiger partial charge < -0.3 is 13.6 Å². The Morgan fingerprint density at radius 3 is 2.67 bits per heavy atom. The van der Waals surface area contributed by atoms with E-state index in [1.54, 1.807) is 18.2 Å². The first kappa shape index (κ1) is 14.7. The minimum Gasteiger partial charge on any atom is -0.755 e. The number of ether oxygens (including phenoxy) is 1. The number of hydrogen-bond acceptors (Lipinski definition) is 4. The minimum atomic E-state index is -2.42. The van der Waals surface area contributed by atoms with Crippen LogP contribution >= 0.6 is 0 Å². The Balaban J connectivity index is 3.29. The van der Waals surface area contributed by atoms with Crippen molar-refractivity contribution in [1.29, 1.82) is 0 Å². The highest BCUT2D eigenvalue weighted by molar-refractivity contribution is 7.80. The second-order valence-electron chi connectivity index (χ2n) is 3.83. The Kier molecular flexibility index (Phi) is 5.30. The summed E-state index contributed by atoms with van der Waals surface area (Å²) in [5.74, 6) is -0.545. The highest BCUT2D eigenvalue weighted by Gasteiger charge is 2.17. The molecule has 0 aliphatic carbocycles. The first-order chi connectivity index (χ1) is 8.51. The Bertz CT molecular complexity index is 461. The van der Waals surface area contributed by atoms with Crippen LogP contribution < -0.4 is 4.31 Å². The van der Waals surface area contributed by atoms with Crippen LogP contribution in [0.25, 0.3) is 0 Å². The number of esters is 1. The number of carbonyl (C=O) groups is 1. The zero-order valence-corrected chi connectivity index (χ0v) is 11.5. The Morgan fingerprint density at radius 1 is 1.50 bits per heavy atom. The van der Waals surface area contributed by atoms with Gasteiger partial charge in [-0.2, -0.15) is 0 Å². The number of rotatable bonds is 5. The van der Waals surface area contributed by atoms with Crippen molar-refractivity contribution in [1.82, 2.24) is 0 Å². The fourth-order valence-electron chi connectivity index (χ4n) is 1.61. The van der Waals surface area contributed by atoms with E-state index in [2.05, 4.69) is 4.74 Å². The van der Waals surface area contributed by atoms with Crippen molar-refractivity contribution in [3.05, 3.63) is 29.3 Å². The van der Waals surface area contributed by atoms with Gasteiger partial charge in [-0.15, -0.1) is 0 Å². The van der Waals surface area contributed by atoms with Crippen LogP contribution in [0.1, 0.15) is 29.3 Å². The van der Waals surface area contributed by atoms with Crippen LogP contribution in [-0.4, -0.2) is 28.4 Å². The molecule has 6 heteroatoms. The lowest BCUT2D eigenvalue weighted by molar-refractivity contribution is 0.0601. The molecule has 18 heavy (non-hydrogen) atoms. The summed E-state index contributed by atoms with van der Waals surface area (Å²) in [6.07, 6.45) is 0.655. The number of hydrogen-bond donors (Lipinski definition) is 0. The van der Waals surface area contributed by atoms with Gasteiger partial charge in [0.2, 0.25) is 0 Å². The maximum Gasteiger partial charge on any atom is 0.340 e. The molecule has 0 fully saturated rings. The average Bonchev–Trinajstić information content (AvgIpc) is 2.34. The van der Waals surface area contributed by atoms with Gasteiger partial charge in [-0.3, -0.25) is 4.21 Å². The predicted molar refractivity (Wildman–Crippen MR) is 69.1 cm³/mol. The van der Waals surface area contributed by atoms with Crippen molar-refractivity contribution in [3.8, 4) is 0 Å². The van der Waals surface area contributed by atoms with Crippen LogP contribution in [0.4, 0.5) is 5.69 Å². The molecule has 0 spiro atoms. The molecular weight excluding hydrogens is 254 g/mol. The standard InChI is InChI=1S/C12H17NO4S/c1-4-7-13(18(15)16)11-8-9(2)5-6-10(11)12(14)17-3/h5-6,8H,4,7H2,1-3H3,(H,15,16)/p-1. The van der Waals surface area contributed by atoms with Gasteiger partial charge in [0.05, 0.1) is 18.4 Å². The smallest absolute Gasteiger partial charge is 0.340 e. The molecule has 0 saturated carbocycles. The van der Waals surface area contributed by atoms with E-state index in [9.17, 15) is 13.6 Å². The summed E-state index contributed by atoms with van der Waals surface area (Å²) >= 11 is -2.42. The monoisotopic (exact) mass is 270 g/mol. The number of aryl methyl sites for hydroxylation is 1. The van der Waals surface area contributed by atoms with Crippen LogP contribution in [0, 0.1) is 6.92 Å². The lowest BCUT2D eigenvalue weighted by Crippen LogP contribution is -2.28. The third kappa shape index (κ3) is 3.30. The third-order valence-electron chi connectivity index (χ3n) is 2.43. The van der Waals surface area contributed by atoms with E-state index < -0.39 is 17.2 Å². The topological polar surface area (TPSA) is 69.7 Å². The van der Waals surface area contributed by atoms with E-state index in [0.717, 1.165) is 5.56 Å². The van der Waals surface area contributed by atoms with E-state index in [1.807, 2.05) is 13.8 Å². The summed E-state index contributed by atoms with van der Waals surface area (Å²) in [7, 11) is 1.27. The maximum atomic E-state index is 11.6. The summed E-state index contributed by atoms with van der Waals surface area (Å²) < 4.78 is 28.3. The van der Waals surface area contributed by atoms with Crippen molar-refractivity contribution in [2.45, 2.75) is 20.3 Å². The number of carbonyl (C=O) groups excluding carboxylic acids is 1. The molecule has 0 saturated heterocycles. The van der Waals surface area contributed by atoms with Gasteiger partial charge in [0.15, 0.2) is 0 Å². The molecule has 100 valence electrons. The normalized spacial score (nSPS) is 12.0. The molecule has 1 aromatic rings. The number of anilines is 1. The molecule has 0 aromatic heterocycles. The minimum absolute atomic E-state index is 0.251. The van der Waals surface area contributed by atoms with Crippen LogP contribution in [0.15, 0.2) is 18.2 Å². The molecule has 5 nitrogen and oxygen atoms in total. The van der Waals surface area contributed by atoms with E-state index in [1.165, 1.54) is 11.4 Å². The molecule has 0 N–H and O–H groups in total. The highest BCUT2D eigenvalue weighted by Crippen LogP contribution is 2.24. The second kappa shape index (κ2) is 6.51. The van der Waals surface area contributed by atoms with E-state index in [-0.39, 0.29) is 5.56 Å². The Hall–Kier alpha value is -1.40.